The number of hydrogen-bond acceptors (Lipinski definition) is 5. The van der Waals surface area contributed by atoms with Crippen LogP contribution in [0.3, 0.4) is 0 Å². The number of aryl methyl sites for hydroxylation is 1. The van der Waals surface area contributed by atoms with Gasteiger partial charge in [-0.05, 0) is 41.8 Å². The predicted molar refractivity (Wildman–Crippen MR) is 115 cm³/mol. The Balaban J connectivity index is 1.62. The molecule has 1 saturated heterocycles. The second-order valence-corrected chi connectivity index (χ2v) is 8.46. The minimum Gasteiger partial charge on any atom is -0.274 e. The summed E-state index contributed by atoms with van der Waals surface area (Å²) in [6.07, 6.45) is 0.777. The first kappa shape index (κ1) is 18.7. The Labute approximate surface area is 171 Å². The molecule has 4 rings (SSSR count). The molecule has 1 amide bonds. The van der Waals surface area contributed by atoms with Gasteiger partial charge in [0.15, 0.2) is 5.17 Å². The molecular formula is C20H21BrN4OS. The fraction of sp³-hybridized carbons (Fsp3) is 0.300. The summed E-state index contributed by atoms with van der Waals surface area (Å²) in [7, 11) is 0. The molecule has 2 unspecified atom stereocenters. The van der Waals surface area contributed by atoms with E-state index in [-0.39, 0.29) is 18.0 Å². The summed E-state index contributed by atoms with van der Waals surface area (Å²) in [4.78, 5) is 19.8. The van der Waals surface area contributed by atoms with Crippen LogP contribution in [0.4, 0.5) is 5.69 Å². The lowest BCUT2D eigenvalue weighted by molar-refractivity contribution is -0.121. The van der Waals surface area contributed by atoms with Crippen molar-refractivity contribution in [3.8, 4) is 0 Å². The largest absolute Gasteiger partial charge is 0.274 e. The summed E-state index contributed by atoms with van der Waals surface area (Å²) < 4.78 is 1.05. The summed E-state index contributed by atoms with van der Waals surface area (Å²) >= 11 is 5.11. The first-order valence-electron chi connectivity index (χ1n) is 9.02. The molecule has 2 heterocycles. The molecule has 2 N–H and O–H groups in total. The van der Waals surface area contributed by atoms with Crippen LogP contribution in [0, 0.1) is 5.92 Å². The van der Waals surface area contributed by atoms with Gasteiger partial charge in [0.1, 0.15) is 6.17 Å². The summed E-state index contributed by atoms with van der Waals surface area (Å²) in [5, 5.41) is 0.738. The maximum Gasteiger partial charge on any atom is 0.241 e. The highest BCUT2D eigenvalue weighted by Gasteiger charge is 2.42. The van der Waals surface area contributed by atoms with Crippen molar-refractivity contribution in [2.75, 3.05) is 11.4 Å². The van der Waals surface area contributed by atoms with E-state index < -0.39 is 0 Å². The van der Waals surface area contributed by atoms with Crippen LogP contribution in [0.25, 0.3) is 0 Å². The number of fused-ring (bicyclic) bond motifs is 1. The molecule has 2 aliphatic rings. The van der Waals surface area contributed by atoms with Crippen LogP contribution in [0.5, 0.6) is 0 Å². The number of nitrogens with zero attached hydrogens (tertiary/aromatic N) is 2. The van der Waals surface area contributed by atoms with Gasteiger partial charge >= 0.3 is 0 Å². The molecule has 7 heteroatoms. The standard InChI is InChI=1S/C20H21BrN4OS/c1-2-13-6-8-16(9-7-13)25-19(26)17-11-22-24-18(17)23-20(25)27-12-14-4-3-5-15(21)10-14/h3-10,17-18,22,24H,2,11-12H2,1H3. The van der Waals surface area contributed by atoms with Gasteiger partial charge in [0.05, 0.1) is 11.6 Å². The van der Waals surface area contributed by atoms with E-state index in [1.54, 1.807) is 16.7 Å². The molecule has 27 heavy (non-hydrogen) atoms. The van der Waals surface area contributed by atoms with Crippen LogP contribution in [-0.2, 0) is 17.0 Å². The number of carbonyl (C=O) groups is 1. The molecule has 1 fully saturated rings. The number of rotatable bonds is 4. The number of amides is 1. The minimum absolute atomic E-state index is 0.0912. The van der Waals surface area contributed by atoms with Gasteiger partial charge in [-0.25, -0.2) is 10.4 Å². The van der Waals surface area contributed by atoms with Crippen molar-refractivity contribution < 1.29 is 4.79 Å². The first-order chi connectivity index (χ1) is 13.2. The van der Waals surface area contributed by atoms with Gasteiger partial charge < -0.3 is 0 Å². The van der Waals surface area contributed by atoms with Crippen LogP contribution < -0.4 is 15.8 Å². The predicted octanol–water partition coefficient (Wildman–Crippen LogP) is 3.70. The molecule has 2 aliphatic heterocycles. The second kappa shape index (κ2) is 8.14. The Morgan fingerprint density at radius 2 is 2.04 bits per heavy atom. The molecule has 2 atom stereocenters. The van der Waals surface area contributed by atoms with E-state index in [0.29, 0.717) is 6.54 Å². The molecule has 0 aliphatic carbocycles. The quantitative estimate of drug-likeness (QED) is 0.754. The molecule has 0 aromatic heterocycles. The van der Waals surface area contributed by atoms with E-state index in [0.717, 1.165) is 27.5 Å². The third kappa shape index (κ3) is 3.96. The monoisotopic (exact) mass is 444 g/mol. The zero-order valence-electron chi connectivity index (χ0n) is 15.0. The number of anilines is 1. The zero-order valence-corrected chi connectivity index (χ0v) is 17.4. The lowest BCUT2D eigenvalue weighted by Gasteiger charge is -2.32. The van der Waals surface area contributed by atoms with Crippen molar-refractivity contribution in [2.45, 2.75) is 25.3 Å². The lowest BCUT2D eigenvalue weighted by atomic mass is 10.0. The number of nitrogens with one attached hydrogen (secondary N) is 2. The number of amidine groups is 1. The molecule has 5 nitrogen and oxygen atoms in total. The van der Waals surface area contributed by atoms with Gasteiger partial charge in [-0.1, -0.05) is 58.9 Å². The SMILES string of the molecule is CCc1ccc(N2C(=O)C3CNNC3N=C2SCc2cccc(Br)c2)cc1. The maximum atomic E-state index is 13.2. The topological polar surface area (TPSA) is 56.7 Å². The molecule has 0 spiro atoms. The zero-order chi connectivity index (χ0) is 18.8. The third-order valence-electron chi connectivity index (χ3n) is 4.79. The highest BCUT2D eigenvalue weighted by atomic mass is 79.9. The molecule has 0 bridgehead atoms. The average molecular weight is 445 g/mol. The summed E-state index contributed by atoms with van der Waals surface area (Å²) in [5.74, 6) is 0.666. The Kier molecular flexibility index (Phi) is 5.63. The Morgan fingerprint density at radius 1 is 1.22 bits per heavy atom. The number of aliphatic imine (C=N–C) groups is 1. The van der Waals surface area contributed by atoms with Crippen LogP contribution in [0.15, 0.2) is 58.0 Å². The lowest BCUT2D eigenvalue weighted by Crippen LogP contribution is -2.49. The highest BCUT2D eigenvalue weighted by molar-refractivity contribution is 9.10. The van der Waals surface area contributed by atoms with Gasteiger partial charge in [-0.15, -0.1) is 0 Å². The maximum absolute atomic E-state index is 13.2. The number of carbonyl (C=O) groups excluding carboxylic acids is 1. The summed E-state index contributed by atoms with van der Waals surface area (Å²) in [5.41, 5.74) is 9.50. The molecular weight excluding hydrogens is 424 g/mol. The summed E-state index contributed by atoms with van der Waals surface area (Å²) in [6.45, 7) is 2.72. The van der Waals surface area contributed by atoms with Crippen LogP contribution in [0.2, 0.25) is 0 Å². The number of halogens is 1. The Bertz CT molecular complexity index is 871. The van der Waals surface area contributed by atoms with Crippen molar-refractivity contribution in [1.29, 1.82) is 0 Å². The van der Waals surface area contributed by atoms with E-state index in [9.17, 15) is 4.79 Å². The van der Waals surface area contributed by atoms with Crippen molar-refractivity contribution in [2.24, 2.45) is 10.9 Å². The second-order valence-electron chi connectivity index (χ2n) is 6.60. The summed E-state index contributed by atoms with van der Waals surface area (Å²) in [6, 6.07) is 16.4. The molecule has 0 radical (unpaired) electrons. The van der Waals surface area contributed by atoms with Crippen LogP contribution >= 0.6 is 27.7 Å². The number of hydrogen-bond donors (Lipinski definition) is 2. The molecule has 2 aromatic rings. The van der Waals surface area contributed by atoms with E-state index in [4.69, 9.17) is 4.99 Å². The van der Waals surface area contributed by atoms with E-state index in [1.807, 2.05) is 24.3 Å². The smallest absolute Gasteiger partial charge is 0.241 e. The average Bonchev–Trinajstić information content (AvgIpc) is 3.16. The van der Waals surface area contributed by atoms with Crippen molar-refractivity contribution in [1.82, 2.24) is 10.9 Å². The highest BCUT2D eigenvalue weighted by Crippen LogP contribution is 2.31. The van der Waals surface area contributed by atoms with Gasteiger partial charge in [0.2, 0.25) is 5.91 Å². The number of thioether (sulfide) groups is 1. The van der Waals surface area contributed by atoms with E-state index in [1.165, 1.54) is 11.1 Å². The van der Waals surface area contributed by atoms with Crippen molar-refractivity contribution >= 4 is 44.5 Å². The van der Waals surface area contributed by atoms with Crippen LogP contribution in [0.1, 0.15) is 18.1 Å². The van der Waals surface area contributed by atoms with Gasteiger partial charge in [-0.2, -0.15) is 0 Å². The van der Waals surface area contributed by atoms with E-state index in [2.05, 4.69) is 58.0 Å². The minimum atomic E-state index is -0.200. The third-order valence-corrected chi connectivity index (χ3v) is 6.31. The fourth-order valence-electron chi connectivity index (χ4n) is 3.26. The van der Waals surface area contributed by atoms with Crippen molar-refractivity contribution in [3.63, 3.8) is 0 Å². The van der Waals surface area contributed by atoms with Gasteiger partial charge in [0, 0.05) is 16.8 Å². The Hall–Kier alpha value is -1.67. The normalized spacial score (nSPS) is 21.9. The molecule has 2 aromatic carbocycles. The van der Waals surface area contributed by atoms with Gasteiger partial charge in [-0.3, -0.25) is 15.1 Å². The Morgan fingerprint density at radius 3 is 2.78 bits per heavy atom. The number of hydrazine groups is 1. The number of benzene rings is 2. The van der Waals surface area contributed by atoms with Gasteiger partial charge in [0.25, 0.3) is 0 Å². The molecule has 0 saturated carbocycles. The van der Waals surface area contributed by atoms with E-state index >= 15 is 0 Å². The van der Waals surface area contributed by atoms with Crippen molar-refractivity contribution in [3.05, 3.63) is 64.1 Å². The molecule has 140 valence electrons. The fourth-order valence-corrected chi connectivity index (χ4v) is 4.70. The van der Waals surface area contributed by atoms with Crippen LogP contribution in [-0.4, -0.2) is 23.8 Å². The first-order valence-corrected chi connectivity index (χ1v) is 10.8.